The van der Waals surface area contributed by atoms with Crippen LogP contribution in [0.3, 0.4) is 0 Å². The molecule has 26 heavy (non-hydrogen) atoms. The van der Waals surface area contributed by atoms with Crippen LogP contribution in [0.5, 0.6) is 17.2 Å². The number of methoxy groups -OCH3 is 1. The summed E-state index contributed by atoms with van der Waals surface area (Å²) >= 11 is -1.35. The van der Waals surface area contributed by atoms with E-state index in [0.717, 1.165) is 21.6 Å². The predicted octanol–water partition coefficient (Wildman–Crippen LogP) is 3.25. The number of allylic oxidation sites excluding steroid dienone is 3. The molecular weight excluding hydrogens is 438 g/mol. The van der Waals surface area contributed by atoms with Gasteiger partial charge in [0.05, 0.1) is 0 Å². The third-order valence-corrected chi connectivity index (χ3v) is 8.21. The first kappa shape index (κ1) is 17.7. The summed E-state index contributed by atoms with van der Waals surface area (Å²) in [6, 6.07) is 5.39. The monoisotopic (exact) mass is 457 g/mol. The summed E-state index contributed by atoms with van der Waals surface area (Å²) in [6.45, 7) is 2.40. The third kappa shape index (κ3) is 3.55. The van der Waals surface area contributed by atoms with Crippen LogP contribution >= 0.6 is 0 Å². The molecule has 7 heteroatoms. The van der Waals surface area contributed by atoms with Gasteiger partial charge in [0.1, 0.15) is 0 Å². The summed E-state index contributed by atoms with van der Waals surface area (Å²) in [5.74, 6) is 1.51. The van der Waals surface area contributed by atoms with Gasteiger partial charge < -0.3 is 0 Å². The van der Waals surface area contributed by atoms with Crippen LogP contribution in [0.25, 0.3) is 10.9 Å². The fraction of sp³-hybridized carbons (Fsp3) is 0.316. The van der Waals surface area contributed by atoms with Gasteiger partial charge in [0.2, 0.25) is 0 Å². The Morgan fingerprint density at radius 2 is 2.08 bits per heavy atom. The molecule has 4 rings (SSSR count). The average Bonchev–Trinajstić information content (AvgIpc) is 3.27. The van der Waals surface area contributed by atoms with E-state index in [9.17, 15) is 4.39 Å². The van der Waals surface area contributed by atoms with Crippen molar-refractivity contribution in [3.05, 3.63) is 43.1 Å². The summed E-state index contributed by atoms with van der Waals surface area (Å²) in [5, 5.41) is 0.762. The molecule has 1 saturated carbocycles. The second kappa shape index (κ2) is 6.78. The molecule has 0 amide bonds. The first-order valence-electron chi connectivity index (χ1n) is 8.46. The zero-order valence-corrected chi connectivity index (χ0v) is 18.0. The van der Waals surface area contributed by atoms with Gasteiger partial charge in [0.25, 0.3) is 0 Å². The van der Waals surface area contributed by atoms with E-state index in [1.807, 2.05) is 19.1 Å². The van der Waals surface area contributed by atoms with E-state index in [1.54, 1.807) is 25.4 Å². The minimum atomic E-state index is -1.35. The Morgan fingerprint density at radius 3 is 2.73 bits per heavy atom. The molecule has 1 aromatic heterocycles. The molecule has 1 aliphatic heterocycles. The summed E-state index contributed by atoms with van der Waals surface area (Å²) in [6.07, 6.45) is 5.17. The minimum absolute atomic E-state index is 0.220. The van der Waals surface area contributed by atoms with Crippen molar-refractivity contribution in [2.45, 2.75) is 25.3 Å². The van der Waals surface area contributed by atoms with Crippen LogP contribution in [-0.4, -0.2) is 47.1 Å². The molecule has 2 aliphatic rings. The molecular formula is C19H19FInN2O3. The first-order chi connectivity index (χ1) is 12.5. The zero-order valence-electron chi connectivity index (χ0n) is 14.7. The molecule has 2 N–H and O–H groups in total. The molecule has 1 fully saturated rings. The van der Waals surface area contributed by atoms with Crippen molar-refractivity contribution < 1.29 is 18.6 Å². The number of rotatable bonds is 6. The van der Waals surface area contributed by atoms with Gasteiger partial charge in [0, 0.05) is 0 Å². The first-order valence-corrected chi connectivity index (χ1v) is 11.8. The molecule has 0 atom stereocenters. The molecule has 5 nitrogen and oxygen atoms in total. The van der Waals surface area contributed by atoms with Crippen molar-refractivity contribution in [3.63, 3.8) is 0 Å². The van der Waals surface area contributed by atoms with Crippen LogP contribution in [0, 0.1) is 0 Å². The summed E-state index contributed by atoms with van der Waals surface area (Å²) < 4.78 is 32.9. The van der Waals surface area contributed by atoms with Crippen LogP contribution in [0.4, 0.5) is 4.39 Å². The summed E-state index contributed by atoms with van der Waals surface area (Å²) in [5.41, 5.74) is 6.58. The summed E-state index contributed by atoms with van der Waals surface area (Å²) in [7, 11) is 1.59. The number of nitrogens with zero attached hydrogens (tertiary/aromatic N) is 1. The van der Waals surface area contributed by atoms with E-state index in [1.165, 1.54) is 0 Å². The van der Waals surface area contributed by atoms with E-state index in [4.69, 9.17) is 19.9 Å². The number of fused-ring (bicyclic) bond motifs is 1. The van der Waals surface area contributed by atoms with Crippen LogP contribution in [-0.2, 0) is 0 Å². The normalized spacial score (nSPS) is 17.8. The number of ether oxygens (including phenoxy) is 3. The Kier molecular flexibility index (Phi) is 4.61. The number of aromatic nitrogens is 1. The van der Waals surface area contributed by atoms with Crippen LogP contribution in [0.15, 0.2) is 43.1 Å². The standard InChI is InChI=1S/C19H19FN2O3.In/c1-3-4-13(20)11-24-16-5-8-22-15-10-18(17(23-2)9-14(15)16)25-12-19(21)6-7-19;/h4-5,8-10H,6-7,12,21H2,1-2H3;. The van der Waals surface area contributed by atoms with Gasteiger partial charge in [-0.1, -0.05) is 0 Å². The molecule has 1 aromatic carbocycles. The van der Waals surface area contributed by atoms with Crippen LogP contribution in [0.1, 0.15) is 19.8 Å². The Bertz CT molecular complexity index is 938. The Balaban J connectivity index is 1.66. The van der Waals surface area contributed by atoms with Gasteiger partial charge in [-0.2, -0.15) is 0 Å². The van der Waals surface area contributed by atoms with E-state index >= 15 is 0 Å². The van der Waals surface area contributed by atoms with Gasteiger partial charge in [-0.3, -0.25) is 0 Å². The van der Waals surface area contributed by atoms with Crippen molar-refractivity contribution in [1.29, 1.82) is 0 Å². The van der Waals surface area contributed by atoms with Gasteiger partial charge in [-0.15, -0.1) is 0 Å². The van der Waals surface area contributed by atoms with Crippen LogP contribution in [0.2, 0.25) is 0 Å². The predicted molar refractivity (Wildman–Crippen MR) is 98.2 cm³/mol. The number of nitrogens with two attached hydrogens (primary N) is 1. The fourth-order valence-electron chi connectivity index (χ4n) is 2.80. The second-order valence-electron chi connectivity index (χ2n) is 6.83. The van der Waals surface area contributed by atoms with Gasteiger partial charge in [-0.05, 0) is 0 Å². The molecule has 2 heterocycles. The molecule has 2 aromatic rings. The van der Waals surface area contributed by atoms with Crippen molar-refractivity contribution in [1.82, 2.24) is 4.98 Å². The number of pyridine rings is 1. The van der Waals surface area contributed by atoms with E-state index in [2.05, 4.69) is 4.98 Å². The molecule has 0 bridgehead atoms. The van der Waals surface area contributed by atoms with E-state index in [0.29, 0.717) is 32.9 Å². The SMILES string of the molecule is COc1cc2c(O[C]3=C(F)C=[C](C)[In]3)ccnc2cc1OCC1(N)CC1. The summed E-state index contributed by atoms with van der Waals surface area (Å²) in [4.78, 5) is 4.39. The number of benzene rings is 1. The van der Waals surface area contributed by atoms with Crippen molar-refractivity contribution in [2.75, 3.05) is 13.7 Å². The zero-order chi connectivity index (χ0) is 18.3. The van der Waals surface area contributed by atoms with Gasteiger partial charge in [0.15, 0.2) is 0 Å². The maximum absolute atomic E-state index is 14.0. The quantitative estimate of drug-likeness (QED) is 0.722. The Morgan fingerprint density at radius 1 is 1.27 bits per heavy atom. The topological polar surface area (TPSA) is 66.6 Å². The Hall–Kier alpha value is -1.73. The number of halogens is 1. The second-order valence-corrected chi connectivity index (χ2v) is 11.7. The van der Waals surface area contributed by atoms with Crippen molar-refractivity contribution in [2.24, 2.45) is 5.73 Å². The van der Waals surface area contributed by atoms with Crippen molar-refractivity contribution >= 4 is 33.8 Å². The number of hydrogen-bond donors (Lipinski definition) is 1. The molecule has 0 unspecified atom stereocenters. The van der Waals surface area contributed by atoms with E-state index in [-0.39, 0.29) is 11.4 Å². The Labute approximate surface area is 162 Å². The maximum atomic E-state index is 14.0. The van der Waals surface area contributed by atoms with Crippen LogP contribution < -0.4 is 19.9 Å². The molecule has 0 spiro atoms. The number of hydrogen-bond acceptors (Lipinski definition) is 5. The fourth-order valence-corrected chi connectivity index (χ4v) is 5.80. The molecule has 1 aliphatic carbocycles. The van der Waals surface area contributed by atoms with Crippen molar-refractivity contribution in [3.8, 4) is 17.2 Å². The molecule has 1 radical (unpaired) electrons. The van der Waals surface area contributed by atoms with Gasteiger partial charge >= 0.3 is 163 Å². The van der Waals surface area contributed by atoms with Gasteiger partial charge in [-0.25, -0.2) is 0 Å². The third-order valence-electron chi connectivity index (χ3n) is 4.56. The van der Waals surface area contributed by atoms with E-state index < -0.39 is 22.9 Å². The molecule has 0 saturated heterocycles. The average molecular weight is 457 g/mol. The molecule has 133 valence electrons.